The highest BCUT2D eigenvalue weighted by atomic mass is 35.5. The molecule has 0 aromatic carbocycles. The van der Waals surface area contributed by atoms with Crippen molar-refractivity contribution >= 4 is 22.9 Å². The van der Waals surface area contributed by atoms with Crippen molar-refractivity contribution in [2.75, 3.05) is 13.1 Å². The molecule has 0 amide bonds. The van der Waals surface area contributed by atoms with Gasteiger partial charge in [-0.2, -0.15) is 0 Å². The van der Waals surface area contributed by atoms with Crippen molar-refractivity contribution in [1.82, 2.24) is 15.3 Å². The molecule has 0 aliphatic heterocycles. The van der Waals surface area contributed by atoms with Crippen LogP contribution in [0, 0.1) is 0 Å². The van der Waals surface area contributed by atoms with Crippen molar-refractivity contribution in [3.05, 3.63) is 34.4 Å². The molecule has 0 aliphatic carbocycles. The molecule has 5 heteroatoms. The van der Waals surface area contributed by atoms with Gasteiger partial charge in [0.1, 0.15) is 5.01 Å². The van der Waals surface area contributed by atoms with E-state index in [-0.39, 0.29) is 0 Å². The van der Waals surface area contributed by atoms with Gasteiger partial charge in [0.2, 0.25) is 0 Å². The molecule has 2 aromatic heterocycles. The van der Waals surface area contributed by atoms with E-state index < -0.39 is 0 Å². The topological polar surface area (TPSA) is 37.8 Å². The molecular weight excluding hydrogens is 254 g/mol. The molecule has 0 saturated carbocycles. The summed E-state index contributed by atoms with van der Waals surface area (Å²) in [6.45, 7) is 4.06. The van der Waals surface area contributed by atoms with E-state index in [4.69, 9.17) is 11.6 Å². The number of pyridine rings is 1. The van der Waals surface area contributed by atoms with Gasteiger partial charge in [-0.15, -0.1) is 11.3 Å². The molecule has 3 nitrogen and oxygen atoms in total. The molecule has 0 aliphatic rings. The Labute approximate surface area is 110 Å². The van der Waals surface area contributed by atoms with E-state index >= 15 is 0 Å². The first-order valence-electron chi connectivity index (χ1n) is 5.56. The predicted octanol–water partition coefficient (Wildman–Crippen LogP) is 3.01. The Hall–Kier alpha value is -0.970. The quantitative estimate of drug-likeness (QED) is 0.847. The van der Waals surface area contributed by atoms with Crippen LogP contribution in [0.5, 0.6) is 0 Å². The van der Waals surface area contributed by atoms with E-state index in [0.717, 1.165) is 35.9 Å². The minimum Gasteiger partial charge on any atom is -0.317 e. The van der Waals surface area contributed by atoms with Gasteiger partial charge in [0, 0.05) is 24.5 Å². The molecule has 0 bridgehead atoms. The summed E-state index contributed by atoms with van der Waals surface area (Å²) in [5.74, 6) is 0. The maximum atomic E-state index is 5.80. The van der Waals surface area contributed by atoms with E-state index in [0.29, 0.717) is 5.02 Å². The van der Waals surface area contributed by atoms with Crippen LogP contribution in [-0.4, -0.2) is 23.1 Å². The number of likely N-dealkylation sites (N-methyl/N-ethyl adjacent to an activating group) is 1. The normalized spacial score (nSPS) is 10.7. The third-order valence-electron chi connectivity index (χ3n) is 2.31. The number of thiazole rings is 1. The molecule has 0 fully saturated rings. The summed E-state index contributed by atoms with van der Waals surface area (Å²) in [5, 5.41) is 6.97. The zero-order valence-electron chi connectivity index (χ0n) is 9.61. The van der Waals surface area contributed by atoms with Crippen LogP contribution in [0.4, 0.5) is 0 Å². The molecule has 0 radical (unpaired) electrons. The molecule has 17 heavy (non-hydrogen) atoms. The van der Waals surface area contributed by atoms with E-state index in [1.54, 1.807) is 17.5 Å². The van der Waals surface area contributed by atoms with Crippen LogP contribution < -0.4 is 5.32 Å². The molecule has 90 valence electrons. The first-order valence-corrected chi connectivity index (χ1v) is 6.82. The van der Waals surface area contributed by atoms with Gasteiger partial charge in [-0.3, -0.25) is 4.98 Å². The van der Waals surface area contributed by atoms with E-state index in [1.165, 1.54) is 0 Å². The summed E-state index contributed by atoms with van der Waals surface area (Å²) in [6.07, 6.45) is 2.61. The standard InChI is InChI=1S/C12H14ClN3S/c1-2-14-6-5-10-8-17-12(16-10)11-4-3-9(13)7-15-11/h3-4,7-8,14H,2,5-6H2,1H3. The summed E-state index contributed by atoms with van der Waals surface area (Å²) in [4.78, 5) is 8.81. The van der Waals surface area contributed by atoms with Crippen LogP contribution in [0.15, 0.2) is 23.7 Å². The van der Waals surface area contributed by atoms with Gasteiger partial charge in [-0.1, -0.05) is 18.5 Å². The first-order chi connectivity index (χ1) is 8.29. The Morgan fingerprint density at radius 1 is 1.41 bits per heavy atom. The van der Waals surface area contributed by atoms with Gasteiger partial charge in [0.25, 0.3) is 0 Å². The zero-order valence-corrected chi connectivity index (χ0v) is 11.2. The Balaban J connectivity index is 2.04. The maximum Gasteiger partial charge on any atom is 0.142 e. The van der Waals surface area contributed by atoms with Crippen LogP contribution in [0.3, 0.4) is 0 Å². The number of halogens is 1. The Morgan fingerprint density at radius 3 is 3.00 bits per heavy atom. The third kappa shape index (κ3) is 3.49. The number of nitrogens with one attached hydrogen (secondary N) is 1. The van der Waals surface area contributed by atoms with Crippen molar-refractivity contribution in [2.45, 2.75) is 13.3 Å². The van der Waals surface area contributed by atoms with Gasteiger partial charge < -0.3 is 5.32 Å². The second-order valence-corrected chi connectivity index (χ2v) is 4.90. The summed E-state index contributed by atoms with van der Waals surface area (Å²) >= 11 is 7.42. The highest BCUT2D eigenvalue weighted by molar-refractivity contribution is 7.13. The lowest BCUT2D eigenvalue weighted by Crippen LogP contribution is -2.16. The second-order valence-electron chi connectivity index (χ2n) is 3.61. The van der Waals surface area contributed by atoms with Crippen LogP contribution in [0.25, 0.3) is 10.7 Å². The Bertz CT molecular complexity index is 467. The number of aromatic nitrogens is 2. The van der Waals surface area contributed by atoms with Gasteiger partial charge in [-0.25, -0.2) is 4.98 Å². The van der Waals surface area contributed by atoms with Gasteiger partial charge in [-0.05, 0) is 18.7 Å². The van der Waals surface area contributed by atoms with E-state index in [1.807, 2.05) is 12.1 Å². The fraction of sp³-hybridized carbons (Fsp3) is 0.333. The summed E-state index contributed by atoms with van der Waals surface area (Å²) < 4.78 is 0. The lowest BCUT2D eigenvalue weighted by molar-refractivity contribution is 0.710. The van der Waals surface area contributed by atoms with Gasteiger partial charge >= 0.3 is 0 Å². The SMILES string of the molecule is CCNCCc1csc(-c2ccc(Cl)cn2)n1. The average Bonchev–Trinajstić information content (AvgIpc) is 2.79. The van der Waals surface area contributed by atoms with E-state index in [2.05, 4.69) is 27.6 Å². The number of hydrogen-bond donors (Lipinski definition) is 1. The molecule has 2 heterocycles. The second kappa shape index (κ2) is 6.10. The minimum absolute atomic E-state index is 0.651. The first kappa shape index (κ1) is 12.5. The molecule has 0 unspecified atom stereocenters. The fourth-order valence-electron chi connectivity index (χ4n) is 1.44. The molecule has 2 rings (SSSR count). The summed E-state index contributed by atoms with van der Waals surface area (Å²) in [7, 11) is 0. The number of nitrogens with zero attached hydrogens (tertiary/aromatic N) is 2. The number of rotatable bonds is 5. The van der Waals surface area contributed by atoms with Crippen molar-refractivity contribution in [3.8, 4) is 10.7 Å². The average molecular weight is 268 g/mol. The van der Waals surface area contributed by atoms with E-state index in [9.17, 15) is 0 Å². The molecule has 0 saturated heterocycles. The monoisotopic (exact) mass is 267 g/mol. The molecule has 2 aromatic rings. The summed E-state index contributed by atoms with van der Waals surface area (Å²) in [5.41, 5.74) is 2.00. The third-order valence-corrected chi connectivity index (χ3v) is 3.44. The molecule has 1 N–H and O–H groups in total. The maximum absolute atomic E-state index is 5.80. The van der Waals surface area contributed by atoms with Crippen molar-refractivity contribution in [3.63, 3.8) is 0 Å². The van der Waals surface area contributed by atoms with Crippen LogP contribution >= 0.6 is 22.9 Å². The fourth-order valence-corrected chi connectivity index (χ4v) is 2.38. The smallest absolute Gasteiger partial charge is 0.142 e. The highest BCUT2D eigenvalue weighted by Gasteiger charge is 2.05. The Morgan fingerprint density at radius 2 is 2.29 bits per heavy atom. The minimum atomic E-state index is 0.651. The van der Waals surface area contributed by atoms with Crippen LogP contribution in [-0.2, 0) is 6.42 Å². The predicted molar refractivity (Wildman–Crippen MR) is 72.6 cm³/mol. The molecular formula is C12H14ClN3S. The zero-order chi connectivity index (χ0) is 12.1. The largest absolute Gasteiger partial charge is 0.317 e. The number of hydrogen-bond acceptors (Lipinski definition) is 4. The lowest BCUT2D eigenvalue weighted by atomic mass is 10.3. The van der Waals surface area contributed by atoms with Crippen molar-refractivity contribution in [2.24, 2.45) is 0 Å². The van der Waals surface area contributed by atoms with Gasteiger partial charge in [0.15, 0.2) is 0 Å². The van der Waals surface area contributed by atoms with Crippen LogP contribution in [0.2, 0.25) is 5.02 Å². The molecule has 0 spiro atoms. The molecule has 0 atom stereocenters. The lowest BCUT2D eigenvalue weighted by Gasteiger charge is -1.98. The summed E-state index contributed by atoms with van der Waals surface area (Å²) in [6, 6.07) is 3.73. The highest BCUT2D eigenvalue weighted by Crippen LogP contribution is 2.22. The van der Waals surface area contributed by atoms with Crippen molar-refractivity contribution in [1.29, 1.82) is 0 Å². The van der Waals surface area contributed by atoms with Gasteiger partial charge in [0.05, 0.1) is 16.4 Å². The van der Waals surface area contributed by atoms with Crippen LogP contribution in [0.1, 0.15) is 12.6 Å². The Kier molecular flexibility index (Phi) is 4.48. The van der Waals surface area contributed by atoms with Crippen molar-refractivity contribution < 1.29 is 0 Å².